The second-order valence-electron chi connectivity index (χ2n) is 4.81. The molecule has 0 aliphatic carbocycles. The maximum atomic E-state index is 12.0. The molecule has 104 valence electrons. The summed E-state index contributed by atoms with van der Waals surface area (Å²) in [5.41, 5.74) is 8.03. The maximum Gasteiger partial charge on any atom is 0.253 e. The predicted octanol–water partition coefficient (Wildman–Crippen LogP) is 0.845. The fourth-order valence-corrected chi connectivity index (χ4v) is 2.52. The lowest BCUT2D eigenvalue weighted by atomic mass is 10.1. The van der Waals surface area contributed by atoms with E-state index in [-0.39, 0.29) is 5.91 Å². The van der Waals surface area contributed by atoms with Crippen LogP contribution in [0.3, 0.4) is 0 Å². The summed E-state index contributed by atoms with van der Waals surface area (Å²) >= 11 is 0. The maximum absolute atomic E-state index is 12.0. The third-order valence-corrected chi connectivity index (χ3v) is 3.58. The average molecular weight is 271 g/mol. The van der Waals surface area contributed by atoms with Gasteiger partial charge in [0.1, 0.15) is 5.82 Å². The second kappa shape index (κ2) is 4.88. The summed E-state index contributed by atoms with van der Waals surface area (Å²) in [5.74, 6) is 0.899. The minimum atomic E-state index is -0.103. The summed E-state index contributed by atoms with van der Waals surface area (Å²) in [7, 11) is 1.63. The number of nitrogens with zero attached hydrogens (tertiary/aromatic N) is 3. The molecule has 3 N–H and O–H groups in total. The number of carbonyl (C=O) groups is 1. The zero-order valence-electron chi connectivity index (χ0n) is 11.3. The van der Waals surface area contributed by atoms with Gasteiger partial charge in [-0.25, -0.2) is 4.98 Å². The number of carbonyl (C=O) groups excluding carboxylic acids is 1. The number of fused-ring (bicyclic) bond motifs is 1. The molecule has 2 aromatic rings. The Bertz CT molecular complexity index is 649. The van der Waals surface area contributed by atoms with E-state index in [0.29, 0.717) is 17.8 Å². The normalized spacial score (nSPS) is 13.9. The molecule has 20 heavy (non-hydrogen) atoms. The first kappa shape index (κ1) is 12.5. The highest BCUT2D eigenvalue weighted by molar-refractivity contribution is 6.00. The number of rotatable bonds is 2. The van der Waals surface area contributed by atoms with E-state index in [1.807, 2.05) is 12.3 Å². The molecular weight excluding hydrogens is 254 g/mol. The topological polar surface area (TPSA) is 76.2 Å². The first-order valence-corrected chi connectivity index (χ1v) is 6.55. The van der Waals surface area contributed by atoms with E-state index in [0.717, 1.165) is 24.6 Å². The van der Waals surface area contributed by atoms with Gasteiger partial charge in [0.25, 0.3) is 5.91 Å². The SMILES string of the molecule is CNC(=O)c1ccc(N)cc1N1CCn2ccnc2C1. The lowest BCUT2D eigenvalue weighted by Gasteiger charge is -2.31. The second-order valence-corrected chi connectivity index (χ2v) is 4.81. The highest BCUT2D eigenvalue weighted by Crippen LogP contribution is 2.26. The molecule has 0 fully saturated rings. The van der Waals surface area contributed by atoms with Crippen molar-refractivity contribution in [1.29, 1.82) is 0 Å². The smallest absolute Gasteiger partial charge is 0.253 e. The summed E-state index contributed by atoms with van der Waals surface area (Å²) in [4.78, 5) is 18.5. The van der Waals surface area contributed by atoms with Crippen LogP contribution in [0.5, 0.6) is 0 Å². The Kier molecular flexibility index (Phi) is 3.06. The highest BCUT2D eigenvalue weighted by atomic mass is 16.1. The number of benzene rings is 1. The van der Waals surface area contributed by atoms with Crippen molar-refractivity contribution in [2.24, 2.45) is 0 Å². The number of anilines is 2. The van der Waals surface area contributed by atoms with Crippen LogP contribution in [0.1, 0.15) is 16.2 Å². The number of hydrogen-bond donors (Lipinski definition) is 2. The minimum absolute atomic E-state index is 0.103. The number of nitrogens with two attached hydrogens (primary N) is 1. The molecule has 0 atom stereocenters. The average Bonchev–Trinajstić information content (AvgIpc) is 2.93. The molecule has 0 spiro atoms. The van der Waals surface area contributed by atoms with Gasteiger partial charge in [0, 0.05) is 38.2 Å². The van der Waals surface area contributed by atoms with E-state index >= 15 is 0 Å². The lowest BCUT2D eigenvalue weighted by Crippen LogP contribution is -2.35. The van der Waals surface area contributed by atoms with Gasteiger partial charge in [-0.3, -0.25) is 4.79 Å². The zero-order valence-corrected chi connectivity index (χ0v) is 11.3. The van der Waals surface area contributed by atoms with Gasteiger partial charge in [0.15, 0.2) is 0 Å². The lowest BCUT2D eigenvalue weighted by molar-refractivity contribution is 0.0963. The Morgan fingerprint density at radius 2 is 2.25 bits per heavy atom. The third-order valence-electron chi connectivity index (χ3n) is 3.58. The quantitative estimate of drug-likeness (QED) is 0.794. The monoisotopic (exact) mass is 271 g/mol. The van der Waals surface area contributed by atoms with Gasteiger partial charge in [0.05, 0.1) is 17.8 Å². The summed E-state index contributed by atoms with van der Waals surface area (Å²) in [6.45, 7) is 2.37. The Hall–Kier alpha value is -2.50. The van der Waals surface area contributed by atoms with Crippen molar-refractivity contribution in [1.82, 2.24) is 14.9 Å². The molecule has 6 nitrogen and oxygen atoms in total. The predicted molar refractivity (Wildman–Crippen MR) is 77.5 cm³/mol. The van der Waals surface area contributed by atoms with Crippen molar-refractivity contribution in [3.8, 4) is 0 Å². The van der Waals surface area contributed by atoms with Crippen LogP contribution in [0.25, 0.3) is 0 Å². The van der Waals surface area contributed by atoms with Crippen LogP contribution >= 0.6 is 0 Å². The number of nitrogens with one attached hydrogen (secondary N) is 1. The van der Waals surface area contributed by atoms with E-state index in [1.165, 1.54) is 0 Å². The molecule has 2 heterocycles. The number of hydrogen-bond acceptors (Lipinski definition) is 4. The number of amides is 1. The first-order chi connectivity index (χ1) is 9.69. The Balaban J connectivity index is 1.98. The van der Waals surface area contributed by atoms with E-state index in [4.69, 9.17) is 5.73 Å². The molecule has 6 heteroatoms. The van der Waals surface area contributed by atoms with Gasteiger partial charge in [-0.05, 0) is 18.2 Å². The number of imidazole rings is 1. The molecule has 1 amide bonds. The van der Waals surface area contributed by atoms with Gasteiger partial charge in [-0.1, -0.05) is 0 Å². The number of aromatic nitrogens is 2. The Morgan fingerprint density at radius 1 is 1.40 bits per heavy atom. The van der Waals surface area contributed by atoms with Crippen LogP contribution in [0.2, 0.25) is 0 Å². The van der Waals surface area contributed by atoms with E-state index in [2.05, 4.69) is 19.8 Å². The molecule has 0 saturated heterocycles. The highest BCUT2D eigenvalue weighted by Gasteiger charge is 2.21. The van der Waals surface area contributed by atoms with Crippen molar-refractivity contribution in [2.75, 3.05) is 24.2 Å². The largest absolute Gasteiger partial charge is 0.399 e. The molecule has 0 radical (unpaired) electrons. The van der Waals surface area contributed by atoms with Gasteiger partial charge < -0.3 is 20.5 Å². The summed E-state index contributed by atoms with van der Waals surface area (Å²) in [6, 6.07) is 5.37. The van der Waals surface area contributed by atoms with Crippen LogP contribution in [0, 0.1) is 0 Å². The zero-order chi connectivity index (χ0) is 14.1. The Labute approximate surface area is 117 Å². The van der Waals surface area contributed by atoms with Crippen molar-refractivity contribution in [3.63, 3.8) is 0 Å². The molecule has 1 aliphatic rings. The van der Waals surface area contributed by atoms with Crippen molar-refractivity contribution in [3.05, 3.63) is 42.0 Å². The molecule has 0 bridgehead atoms. The van der Waals surface area contributed by atoms with Crippen LogP contribution in [0.15, 0.2) is 30.6 Å². The molecule has 1 aromatic carbocycles. The molecule has 3 rings (SSSR count). The molecule has 0 saturated carbocycles. The van der Waals surface area contributed by atoms with Crippen molar-refractivity contribution >= 4 is 17.3 Å². The van der Waals surface area contributed by atoms with Crippen molar-refractivity contribution < 1.29 is 4.79 Å². The molecule has 1 aromatic heterocycles. The van der Waals surface area contributed by atoms with Crippen LogP contribution < -0.4 is 16.0 Å². The van der Waals surface area contributed by atoms with Crippen LogP contribution in [0.4, 0.5) is 11.4 Å². The number of nitrogen functional groups attached to an aromatic ring is 1. The fourth-order valence-electron chi connectivity index (χ4n) is 2.52. The standard InChI is InChI=1S/C14H17N5O/c1-16-14(20)11-3-2-10(15)8-12(11)19-7-6-18-5-4-17-13(18)9-19/h2-5,8H,6-7,9,15H2,1H3,(H,16,20). The van der Waals surface area contributed by atoms with Gasteiger partial charge in [-0.2, -0.15) is 0 Å². The van der Waals surface area contributed by atoms with Gasteiger partial charge in [-0.15, -0.1) is 0 Å². The van der Waals surface area contributed by atoms with E-state index in [9.17, 15) is 4.79 Å². The van der Waals surface area contributed by atoms with E-state index < -0.39 is 0 Å². The summed E-state index contributed by atoms with van der Waals surface area (Å²) in [5, 5.41) is 2.67. The third kappa shape index (κ3) is 2.09. The molecule has 1 aliphatic heterocycles. The van der Waals surface area contributed by atoms with Gasteiger partial charge in [0.2, 0.25) is 0 Å². The minimum Gasteiger partial charge on any atom is -0.399 e. The van der Waals surface area contributed by atoms with E-state index in [1.54, 1.807) is 25.4 Å². The summed E-state index contributed by atoms with van der Waals surface area (Å²) in [6.07, 6.45) is 3.78. The van der Waals surface area contributed by atoms with Crippen LogP contribution in [-0.4, -0.2) is 29.1 Å². The van der Waals surface area contributed by atoms with Crippen LogP contribution in [-0.2, 0) is 13.1 Å². The first-order valence-electron chi connectivity index (χ1n) is 6.55. The molecule has 0 unspecified atom stereocenters. The van der Waals surface area contributed by atoms with Crippen molar-refractivity contribution in [2.45, 2.75) is 13.1 Å². The fraction of sp³-hybridized carbons (Fsp3) is 0.286. The summed E-state index contributed by atoms with van der Waals surface area (Å²) < 4.78 is 2.13. The van der Waals surface area contributed by atoms with Gasteiger partial charge >= 0.3 is 0 Å². The molecular formula is C14H17N5O. The Morgan fingerprint density at radius 3 is 3.05 bits per heavy atom.